The summed E-state index contributed by atoms with van der Waals surface area (Å²) >= 11 is 0. The van der Waals surface area contributed by atoms with Gasteiger partial charge >= 0.3 is 0 Å². The van der Waals surface area contributed by atoms with Gasteiger partial charge in [-0.25, -0.2) is 0 Å². The third-order valence-corrected chi connectivity index (χ3v) is 1.91. The fourth-order valence-corrected chi connectivity index (χ4v) is 0.848. The van der Waals surface area contributed by atoms with E-state index in [9.17, 15) is 24.9 Å². The van der Waals surface area contributed by atoms with Crippen LogP contribution in [0.15, 0.2) is 0 Å². The molecular formula is C7H14N2O5. The molecule has 0 saturated heterocycles. The van der Waals surface area contributed by atoms with Gasteiger partial charge in [0.05, 0.1) is 5.97 Å². The molecule has 14 heavy (non-hydrogen) atoms. The molecule has 0 aromatic heterocycles. The van der Waals surface area contributed by atoms with Gasteiger partial charge in [0.15, 0.2) is 6.04 Å². The highest BCUT2D eigenvalue weighted by Crippen LogP contribution is 2.00. The number of aliphatic carboxylic acids is 2. The molecule has 1 unspecified atom stereocenters. The first-order chi connectivity index (χ1) is 6.36. The second-order valence-electron chi connectivity index (χ2n) is 3.09. The lowest BCUT2D eigenvalue weighted by atomic mass is 10.0. The van der Waals surface area contributed by atoms with Crippen LogP contribution in [0.5, 0.6) is 0 Å². The van der Waals surface area contributed by atoms with E-state index in [2.05, 4.69) is 11.5 Å². The molecule has 0 aromatic rings. The number of aliphatic hydroxyl groups excluding tert-OH is 1. The summed E-state index contributed by atoms with van der Waals surface area (Å²) in [6, 6.07) is -2.22. The maximum Gasteiger partial charge on any atom is 0.151 e. The van der Waals surface area contributed by atoms with Crippen molar-refractivity contribution in [2.45, 2.75) is 31.0 Å². The Labute approximate surface area is 80.3 Å². The minimum absolute atomic E-state index is 0.00963. The SMILES string of the molecule is [NH3+][C@@H](CCC(O)[C@@H]([NH3+])C(=O)[O-])C(=O)[O-]. The molecule has 0 spiro atoms. The largest absolute Gasteiger partial charge is 0.544 e. The molecule has 82 valence electrons. The molecule has 0 heterocycles. The molecule has 3 atom stereocenters. The monoisotopic (exact) mass is 206 g/mol. The molecule has 0 aliphatic heterocycles. The summed E-state index contributed by atoms with van der Waals surface area (Å²) in [6.45, 7) is 0. The number of carbonyl (C=O) groups excluding carboxylic acids is 2. The molecule has 7 heteroatoms. The summed E-state index contributed by atoms with van der Waals surface area (Å²) < 4.78 is 0. The van der Waals surface area contributed by atoms with Crippen molar-refractivity contribution in [2.24, 2.45) is 0 Å². The predicted molar refractivity (Wildman–Crippen MR) is 38.6 cm³/mol. The van der Waals surface area contributed by atoms with E-state index >= 15 is 0 Å². The van der Waals surface area contributed by atoms with Crippen LogP contribution >= 0.6 is 0 Å². The average Bonchev–Trinajstić information content (AvgIpc) is 2.11. The molecular weight excluding hydrogens is 192 g/mol. The number of carbonyl (C=O) groups is 2. The Kier molecular flexibility index (Phi) is 5.06. The molecule has 0 aromatic carbocycles. The quantitative estimate of drug-likeness (QED) is 0.394. The normalized spacial score (nSPS) is 17.1. The lowest BCUT2D eigenvalue weighted by molar-refractivity contribution is -0.455. The Morgan fingerprint density at radius 2 is 1.64 bits per heavy atom. The van der Waals surface area contributed by atoms with Crippen molar-refractivity contribution < 1.29 is 36.4 Å². The van der Waals surface area contributed by atoms with Gasteiger partial charge < -0.3 is 36.4 Å². The average molecular weight is 206 g/mol. The second kappa shape index (κ2) is 5.53. The summed E-state index contributed by atoms with van der Waals surface area (Å²) in [6.07, 6.45) is -1.18. The Morgan fingerprint density at radius 1 is 1.14 bits per heavy atom. The van der Waals surface area contributed by atoms with E-state index in [1.807, 2.05) is 0 Å². The number of rotatable bonds is 6. The van der Waals surface area contributed by atoms with E-state index < -0.39 is 30.1 Å². The highest BCUT2D eigenvalue weighted by molar-refractivity contribution is 5.70. The first kappa shape index (κ1) is 12.8. The summed E-state index contributed by atoms with van der Waals surface area (Å²) in [5, 5.41) is 29.7. The van der Waals surface area contributed by atoms with Crippen molar-refractivity contribution in [1.29, 1.82) is 0 Å². The van der Waals surface area contributed by atoms with Crippen LogP contribution in [0.3, 0.4) is 0 Å². The minimum Gasteiger partial charge on any atom is -0.544 e. The molecule has 7 N–H and O–H groups in total. The van der Waals surface area contributed by atoms with Gasteiger partial charge in [0.25, 0.3) is 0 Å². The Morgan fingerprint density at radius 3 is 2.00 bits per heavy atom. The standard InChI is InChI=1S/C7H14N2O5/c8-3(6(11)12)1-2-4(10)5(9)7(13)14/h3-5,10H,1-2,8-9H2,(H,11,12)(H,13,14)/t3-,4?,5+/m0/s1. The van der Waals surface area contributed by atoms with E-state index in [4.69, 9.17) is 0 Å². The van der Waals surface area contributed by atoms with E-state index in [-0.39, 0.29) is 12.8 Å². The second-order valence-corrected chi connectivity index (χ2v) is 3.09. The highest BCUT2D eigenvalue weighted by atomic mass is 16.4. The van der Waals surface area contributed by atoms with Gasteiger partial charge in [0.2, 0.25) is 0 Å². The lowest BCUT2D eigenvalue weighted by Gasteiger charge is -2.17. The zero-order valence-corrected chi connectivity index (χ0v) is 7.64. The van der Waals surface area contributed by atoms with Crippen LogP contribution in [0.2, 0.25) is 0 Å². The molecule has 7 nitrogen and oxygen atoms in total. The van der Waals surface area contributed by atoms with Crippen LogP contribution in [0.1, 0.15) is 12.8 Å². The van der Waals surface area contributed by atoms with Gasteiger partial charge in [0.1, 0.15) is 18.1 Å². The third kappa shape index (κ3) is 4.17. The summed E-state index contributed by atoms with van der Waals surface area (Å²) in [4.78, 5) is 20.5. The van der Waals surface area contributed by atoms with Gasteiger partial charge in [0, 0.05) is 6.42 Å². The topological polar surface area (TPSA) is 156 Å². The Bertz CT molecular complexity index is 220. The van der Waals surface area contributed by atoms with Gasteiger partial charge in [-0.1, -0.05) is 0 Å². The molecule has 0 rings (SSSR count). The molecule has 0 amide bonds. The minimum atomic E-state index is -1.47. The third-order valence-electron chi connectivity index (χ3n) is 1.91. The number of aliphatic hydroxyl groups is 1. The zero-order valence-electron chi connectivity index (χ0n) is 7.64. The first-order valence-electron chi connectivity index (χ1n) is 4.12. The maximum atomic E-state index is 10.2. The number of hydrogen-bond acceptors (Lipinski definition) is 5. The van der Waals surface area contributed by atoms with Crippen LogP contribution in [0.4, 0.5) is 0 Å². The smallest absolute Gasteiger partial charge is 0.151 e. The van der Waals surface area contributed by atoms with E-state index in [1.165, 1.54) is 0 Å². The number of carboxylic acid groups (broad SMARTS) is 2. The Hall–Kier alpha value is -1.18. The van der Waals surface area contributed by atoms with Crippen molar-refractivity contribution in [3.8, 4) is 0 Å². The Balaban J connectivity index is 3.90. The van der Waals surface area contributed by atoms with Crippen LogP contribution < -0.4 is 21.7 Å². The fraction of sp³-hybridized carbons (Fsp3) is 0.714. The van der Waals surface area contributed by atoms with Crippen molar-refractivity contribution in [3.05, 3.63) is 0 Å². The molecule has 0 radical (unpaired) electrons. The highest BCUT2D eigenvalue weighted by Gasteiger charge is 2.21. The van der Waals surface area contributed by atoms with Crippen molar-refractivity contribution in [2.75, 3.05) is 0 Å². The number of hydrogen-bond donors (Lipinski definition) is 3. The summed E-state index contributed by atoms with van der Waals surface area (Å²) in [5.74, 6) is -2.79. The first-order valence-corrected chi connectivity index (χ1v) is 4.12. The predicted octanol–water partition coefficient (Wildman–Crippen LogP) is -6.15. The van der Waals surface area contributed by atoms with Crippen molar-refractivity contribution in [3.63, 3.8) is 0 Å². The maximum absolute atomic E-state index is 10.2. The number of quaternary nitrogens is 2. The van der Waals surface area contributed by atoms with Gasteiger partial charge in [-0.2, -0.15) is 0 Å². The molecule has 0 bridgehead atoms. The van der Waals surface area contributed by atoms with E-state index in [1.54, 1.807) is 0 Å². The molecule has 0 aliphatic rings. The van der Waals surface area contributed by atoms with Crippen LogP contribution in [0, 0.1) is 0 Å². The van der Waals surface area contributed by atoms with E-state index in [0.29, 0.717) is 0 Å². The van der Waals surface area contributed by atoms with Crippen molar-refractivity contribution in [1.82, 2.24) is 0 Å². The summed E-state index contributed by atoms with van der Waals surface area (Å²) in [5.41, 5.74) is 6.42. The van der Waals surface area contributed by atoms with Crippen molar-refractivity contribution >= 4 is 11.9 Å². The van der Waals surface area contributed by atoms with Gasteiger partial charge in [-0.05, 0) is 6.42 Å². The summed E-state index contributed by atoms with van der Waals surface area (Å²) in [7, 11) is 0. The van der Waals surface area contributed by atoms with E-state index in [0.717, 1.165) is 0 Å². The molecule has 0 saturated carbocycles. The zero-order chi connectivity index (χ0) is 11.3. The molecule has 0 fully saturated rings. The molecule has 0 aliphatic carbocycles. The lowest BCUT2D eigenvalue weighted by Crippen LogP contribution is -2.73. The fourth-order valence-electron chi connectivity index (χ4n) is 0.848. The van der Waals surface area contributed by atoms with Crippen LogP contribution in [0.25, 0.3) is 0 Å². The van der Waals surface area contributed by atoms with Gasteiger partial charge in [-0.3, -0.25) is 0 Å². The van der Waals surface area contributed by atoms with Crippen LogP contribution in [-0.4, -0.2) is 35.2 Å². The van der Waals surface area contributed by atoms with Crippen LogP contribution in [-0.2, 0) is 9.59 Å². The van der Waals surface area contributed by atoms with Gasteiger partial charge in [-0.15, -0.1) is 0 Å². The number of carboxylic acids is 2.